The topological polar surface area (TPSA) is 105 Å². The van der Waals surface area contributed by atoms with E-state index in [1.165, 1.54) is 6.20 Å². The summed E-state index contributed by atoms with van der Waals surface area (Å²) in [5.74, 6) is 0. The molecule has 0 radical (unpaired) electrons. The van der Waals surface area contributed by atoms with Crippen molar-refractivity contribution in [3.8, 4) is 0 Å². The first-order valence-corrected chi connectivity index (χ1v) is 7.37. The molecule has 0 aromatic carbocycles. The first kappa shape index (κ1) is 14.4. The van der Waals surface area contributed by atoms with Crippen molar-refractivity contribution in [2.45, 2.75) is 22.4 Å². The van der Waals surface area contributed by atoms with Crippen LogP contribution in [0.1, 0.15) is 6.23 Å². The second-order valence-electron chi connectivity index (χ2n) is 3.83. The average molecular weight is 480 g/mol. The van der Waals surface area contributed by atoms with Gasteiger partial charge in [-0.15, -0.1) is 0 Å². The van der Waals surface area contributed by atoms with Crippen LogP contribution in [0, 0.1) is 3.57 Å². The largest absolute Gasteiger partial charge is 0.394 e. The lowest BCUT2D eigenvalue weighted by atomic mass is 10.2. The molecule has 1 aromatic rings. The third kappa shape index (κ3) is 2.50. The summed E-state index contributed by atoms with van der Waals surface area (Å²) in [6.07, 6.45) is -1.04. The van der Waals surface area contributed by atoms with Crippen molar-refractivity contribution in [2.75, 3.05) is 6.61 Å². The summed E-state index contributed by atoms with van der Waals surface area (Å²) in [5, 5.41) is 19.1. The van der Waals surface area contributed by atoms with E-state index in [0.29, 0.717) is 3.57 Å². The number of aliphatic hydroxyl groups excluding tert-OH is 2. The number of aliphatic hydroxyl groups is 2. The fourth-order valence-electron chi connectivity index (χ4n) is 1.74. The zero-order chi connectivity index (χ0) is 13.4. The Labute approximate surface area is 128 Å². The van der Waals surface area contributed by atoms with E-state index in [9.17, 15) is 14.7 Å². The van der Waals surface area contributed by atoms with E-state index < -0.39 is 29.7 Å². The summed E-state index contributed by atoms with van der Waals surface area (Å²) < 4.78 is 6.56. The number of ether oxygens (including phenoxy) is 1. The minimum atomic E-state index is -0.929. The minimum absolute atomic E-state index is 0.240. The molecule has 1 fully saturated rings. The van der Waals surface area contributed by atoms with E-state index in [4.69, 9.17) is 9.84 Å². The molecule has 18 heavy (non-hydrogen) atoms. The monoisotopic (exact) mass is 480 g/mol. The Hall–Kier alpha value is 0.0200. The maximum Gasteiger partial charge on any atom is 0.330 e. The molecule has 1 unspecified atom stereocenters. The molecule has 0 aliphatic carbocycles. The summed E-state index contributed by atoms with van der Waals surface area (Å²) in [7, 11) is 0. The Morgan fingerprint density at radius 3 is 2.72 bits per heavy atom. The van der Waals surface area contributed by atoms with Crippen molar-refractivity contribution in [1.29, 1.82) is 0 Å². The minimum Gasteiger partial charge on any atom is -0.394 e. The highest BCUT2D eigenvalue weighted by Crippen LogP contribution is 2.33. The zero-order valence-corrected chi connectivity index (χ0v) is 13.2. The van der Waals surface area contributed by atoms with Gasteiger partial charge in [0.25, 0.3) is 5.56 Å². The Kier molecular flexibility index (Phi) is 4.46. The second kappa shape index (κ2) is 5.56. The fourth-order valence-corrected chi connectivity index (χ4v) is 2.92. The van der Waals surface area contributed by atoms with Gasteiger partial charge >= 0.3 is 5.69 Å². The third-order valence-corrected chi connectivity index (χ3v) is 4.97. The smallest absolute Gasteiger partial charge is 0.330 e. The molecule has 100 valence electrons. The average Bonchev–Trinajstić information content (AvgIpc) is 2.61. The van der Waals surface area contributed by atoms with Crippen LogP contribution in [0.15, 0.2) is 15.8 Å². The maximum absolute atomic E-state index is 11.7. The van der Waals surface area contributed by atoms with E-state index in [0.717, 1.165) is 4.57 Å². The van der Waals surface area contributed by atoms with E-state index in [1.807, 2.05) is 22.6 Å². The summed E-state index contributed by atoms with van der Waals surface area (Å²) in [4.78, 5) is 25.1. The van der Waals surface area contributed by atoms with Crippen LogP contribution in [-0.4, -0.2) is 42.5 Å². The molecule has 1 aromatic heterocycles. The number of hydrogen-bond acceptors (Lipinski definition) is 5. The van der Waals surface area contributed by atoms with Crippen molar-refractivity contribution >= 4 is 45.2 Å². The molecule has 1 aliphatic rings. The van der Waals surface area contributed by atoms with Gasteiger partial charge in [0.05, 0.1) is 20.2 Å². The number of rotatable bonds is 2. The molecule has 0 saturated carbocycles. The third-order valence-electron chi connectivity index (χ3n) is 2.67. The molecule has 4 atom stereocenters. The molecular formula is C9H10I2N2O5. The van der Waals surface area contributed by atoms with Gasteiger partial charge in [-0.1, -0.05) is 22.6 Å². The van der Waals surface area contributed by atoms with E-state index in [-0.39, 0.29) is 10.5 Å². The van der Waals surface area contributed by atoms with Crippen LogP contribution in [0.3, 0.4) is 0 Å². The van der Waals surface area contributed by atoms with Crippen LogP contribution in [0.4, 0.5) is 0 Å². The van der Waals surface area contributed by atoms with Crippen LogP contribution >= 0.6 is 45.2 Å². The quantitative estimate of drug-likeness (QED) is 0.380. The number of alkyl halides is 1. The predicted octanol–water partition coefficient (Wildman–Crippen LogP) is -0.805. The number of hydrogen-bond donors (Lipinski definition) is 3. The predicted molar refractivity (Wildman–Crippen MR) is 78.9 cm³/mol. The standard InChI is InChI=1S/C9H10I2N2O5/c10-3-1-13(9(17)12-7(3)16)8-6(15)5(11)4(2-14)18-8/h1,4-6,8,14-15H,2H2,(H,12,16,17)/t4-,5?,6-,8-/m1/s1. The van der Waals surface area contributed by atoms with Gasteiger partial charge in [0, 0.05) is 6.20 Å². The first-order chi connectivity index (χ1) is 8.45. The Bertz CT molecular complexity index is 557. The number of nitrogens with one attached hydrogen (secondary N) is 1. The highest BCUT2D eigenvalue weighted by molar-refractivity contribution is 14.1. The fraction of sp³-hybridized carbons (Fsp3) is 0.556. The van der Waals surface area contributed by atoms with Gasteiger partial charge in [-0.25, -0.2) is 4.79 Å². The lowest BCUT2D eigenvalue weighted by molar-refractivity contribution is -0.0531. The highest BCUT2D eigenvalue weighted by atomic mass is 127. The number of aromatic nitrogens is 2. The maximum atomic E-state index is 11.7. The molecule has 2 heterocycles. The summed E-state index contributed by atoms with van der Waals surface area (Å²) in [6, 6.07) is 0. The molecule has 0 spiro atoms. The number of H-pyrrole nitrogens is 1. The zero-order valence-electron chi connectivity index (χ0n) is 8.92. The van der Waals surface area contributed by atoms with Crippen molar-refractivity contribution in [3.05, 3.63) is 30.6 Å². The van der Waals surface area contributed by atoms with Crippen molar-refractivity contribution < 1.29 is 14.9 Å². The first-order valence-electron chi connectivity index (χ1n) is 5.05. The molecule has 0 bridgehead atoms. The molecular weight excluding hydrogens is 470 g/mol. The van der Waals surface area contributed by atoms with Crippen molar-refractivity contribution in [2.24, 2.45) is 0 Å². The molecule has 2 rings (SSSR count). The van der Waals surface area contributed by atoms with Gasteiger partial charge < -0.3 is 14.9 Å². The highest BCUT2D eigenvalue weighted by Gasteiger charge is 2.43. The van der Waals surface area contributed by atoms with Crippen molar-refractivity contribution in [1.82, 2.24) is 9.55 Å². The molecule has 1 saturated heterocycles. The van der Waals surface area contributed by atoms with Gasteiger partial charge in [-0.05, 0) is 22.6 Å². The van der Waals surface area contributed by atoms with E-state index >= 15 is 0 Å². The number of aromatic amines is 1. The molecule has 9 heteroatoms. The summed E-state index contributed by atoms with van der Waals surface area (Å²) >= 11 is 3.75. The lowest BCUT2D eigenvalue weighted by Crippen LogP contribution is -2.37. The Morgan fingerprint density at radius 1 is 1.50 bits per heavy atom. The molecule has 0 amide bonds. The summed E-state index contributed by atoms with van der Waals surface area (Å²) in [6.45, 7) is -0.240. The van der Waals surface area contributed by atoms with Crippen LogP contribution in [0.25, 0.3) is 0 Å². The second-order valence-corrected chi connectivity index (χ2v) is 6.43. The molecule has 7 nitrogen and oxygen atoms in total. The normalized spacial score (nSPS) is 31.8. The molecule has 3 N–H and O–H groups in total. The van der Waals surface area contributed by atoms with Gasteiger partial charge in [-0.2, -0.15) is 0 Å². The molecule has 1 aliphatic heterocycles. The van der Waals surface area contributed by atoms with Crippen LogP contribution in [-0.2, 0) is 4.74 Å². The Morgan fingerprint density at radius 2 is 2.17 bits per heavy atom. The van der Waals surface area contributed by atoms with E-state index in [2.05, 4.69) is 4.98 Å². The van der Waals surface area contributed by atoms with Gasteiger partial charge in [0.2, 0.25) is 0 Å². The summed E-state index contributed by atoms with van der Waals surface area (Å²) in [5.41, 5.74) is -1.12. The van der Waals surface area contributed by atoms with Crippen molar-refractivity contribution in [3.63, 3.8) is 0 Å². The van der Waals surface area contributed by atoms with E-state index in [1.54, 1.807) is 22.6 Å². The van der Waals surface area contributed by atoms with Crippen LogP contribution < -0.4 is 11.2 Å². The SMILES string of the molecule is O=c1[nH]c(=O)n([C@@H]2O[C@H](CO)C(I)[C@H]2O)cc1I. The van der Waals surface area contributed by atoms with Crippen LogP contribution in [0.2, 0.25) is 0 Å². The Balaban J connectivity index is 2.42. The lowest BCUT2D eigenvalue weighted by Gasteiger charge is -2.17. The van der Waals surface area contributed by atoms with Gasteiger partial charge in [0.1, 0.15) is 6.10 Å². The van der Waals surface area contributed by atoms with Crippen LogP contribution in [0.5, 0.6) is 0 Å². The van der Waals surface area contributed by atoms with Gasteiger partial charge in [-0.3, -0.25) is 14.3 Å². The number of halogens is 2. The van der Waals surface area contributed by atoms with Gasteiger partial charge in [0.15, 0.2) is 6.23 Å². The number of nitrogens with zero attached hydrogens (tertiary/aromatic N) is 1.